The summed E-state index contributed by atoms with van der Waals surface area (Å²) >= 11 is 3.85. The van der Waals surface area contributed by atoms with Gasteiger partial charge in [-0.15, -0.1) is 6.58 Å². The standard InChI is InChI=1S/C3H6O3S2.Na/c1-2-3-6-8(4,5)7;/h2H,1,3H2,(H,4,5,7);/q;+1/p-1. The summed E-state index contributed by atoms with van der Waals surface area (Å²) < 4.78 is 23.9. The molecule has 0 N–H and O–H groups in total. The van der Waals surface area contributed by atoms with Crippen molar-refractivity contribution in [3.8, 4) is 0 Å². The van der Waals surface area contributed by atoms with Gasteiger partial charge in [-0.3, -0.25) is 4.18 Å². The van der Waals surface area contributed by atoms with Crippen LogP contribution in [-0.4, -0.2) is 15.4 Å². The Balaban J connectivity index is 0. The van der Waals surface area contributed by atoms with Crippen molar-refractivity contribution in [3.05, 3.63) is 12.7 Å². The number of rotatable bonds is 3. The molecule has 0 radical (unpaired) electrons. The second-order valence-corrected chi connectivity index (χ2v) is 3.26. The minimum atomic E-state index is -3.67. The zero-order valence-electron chi connectivity index (χ0n) is 5.03. The summed E-state index contributed by atoms with van der Waals surface area (Å²) in [6.07, 6.45) is 1.31. The van der Waals surface area contributed by atoms with Crippen LogP contribution in [0.3, 0.4) is 0 Å². The second kappa shape index (κ2) is 5.79. The van der Waals surface area contributed by atoms with Crippen molar-refractivity contribution in [3.63, 3.8) is 0 Å². The van der Waals surface area contributed by atoms with E-state index in [9.17, 15) is 8.76 Å². The Kier molecular flexibility index (Phi) is 8.16. The molecule has 0 amide bonds. The van der Waals surface area contributed by atoms with Gasteiger partial charge >= 0.3 is 29.6 Å². The van der Waals surface area contributed by atoms with Crippen molar-refractivity contribution in [1.82, 2.24) is 0 Å². The second-order valence-electron chi connectivity index (χ2n) is 0.981. The summed E-state index contributed by atoms with van der Waals surface area (Å²) in [6, 6.07) is 0. The molecular formula is C3H5NaO3S2. The topological polar surface area (TPSA) is 49.4 Å². The van der Waals surface area contributed by atoms with Crippen molar-refractivity contribution in [2.45, 2.75) is 0 Å². The average molecular weight is 176 g/mol. The van der Waals surface area contributed by atoms with Crippen LogP contribution in [0, 0.1) is 0 Å². The van der Waals surface area contributed by atoms with E-state index in [4.69, 9.17) is 0 Å². The maximum atomic E-state index is 9.93. The van der Waals surface area contributed by atoms with E-state index in [1.165, 1.54) is 6.08 Å². The first-order valence-electron chi connectivity index (χ1n) is 1.77. The summed E-state index contributed by atoms with van der Waals surface area (Å²) in [4.78, 5) is 0. The van der Waals surface area contributed by atoms with Crippen molar-refractivity contribution < 1.29 is 42.5 Å². The Labute approximate surface area is 81.5 Å². The van der Waals surface area contributed by atoms with Gasteiger partial charge in [0.1, 0.15) is 0 Å². The van der Waals surface area contributed by atoms with Crippen molar-refractivity contribution in [2.24, 2.45) is 0 Å². The molecule has 0 aliphatic carbocycles. The summed E-state index contributed by atoms with van der Waals surface area (Å²) in [5, 5.41) is 0. The molecule has 0 spiro atoms. The van der Waals surface area contributed by atoms with Crippen LogP contribution in [0.4, 0.5) is 0 Å². The SMILES string of the molecule is C=CCOS(=O)([O-])=S.[Na+]. The van der Waals surface area contributed by atoms with Crippen LogP contribution in [0.5, 0.6) is 0 Å². The number of hydrogen-bond donors (Lipinski definition) is 0. The largest absolute Gasteiger partial charge is 1.00 e. The molecule has 1 atom stereocenters. The van der Waals surface area contributed by atoms with Crippen LogP contribution in [0.1, 0.15) is 0 Å². The van der Waals surface area contributed by atoms with Gasteiger partial charge in [0.2, 0.25) is 0 Å². The molecule has 9 heavy (non-hydrogen) atoms. The molecule has 0 aromatic heterocycles. The quantitative estimate of drug-likeness (QED) is 0.339. The molecule has 0 bridgehead atoms. The minimum absolute atomic E-state index is 0. The first kappa shape index (κ1) is 12.7. The maximum Gasteiger partial charge on any atom is 1.00 e. The zero-order valence-corrected chi connectivity index (χ0v) is 8.67. The summed E-state index contributed by atoms with van der Waals surface area (Å²) in [7, 11) is -3.67. The van der Waals surface area contributed by atoms with Gasteiger partial charge in [-0.25, -0.2) is 4.21 Å². The first-order chi connectivity index (χ1) is 3.56. The molecule has 6 heteroatoms. The summed E-state index contributed by atoms with van der Waals surface area (Å²) in [6.45, 7) is 3.18. The Morgan fingerprint density at radius 2 is 2.33 bits per heavy atom. The Morgan fingerprint density at radius 3 is 2.44 bits per heavy atom. The molecule has 0 aliphatic rings. The average Bonchev–Trinajstić information content (AvgIpc) is 1.59. The zero-order chi connectivity index (χ0) is 6.62. The van der Waals surface area contributed by atoms with E-state index >= 15 is 0 Å². The molecule has 0 aliphatic heterocycles. The normalized spacial score (nSPS) is 15.2. The molecule has 0 fully saturated rings. The molecular weight excluding hydrogens is 171 g/mol. The van der Waals surface area contributed by atoms with Gasteiger partial charge < -0.3 is 4.55 Å². The van der Waals surface area contributed by atoms with E-state index in [2.05, 4.69) is 22.0 Å². The fraction of sp³-hybridized carbons (Fsp3) is 0.333. The van der Waals surface area contributed by atoms with E-state index in [1.54, 1.807) is 0 Å². The van der Waals surface area contributed by atoms with Gasteiger partial charge in [0.05, 0.1) is 15.7 Å². The monoisotopic (exact) mass is 176 g/mol. The third-order valence-corrected chi connectivity index (χ3v) is 1.04. The van der Waals surface area contributed by atoms with Gasteiger partial charge in [0.25, 0.3) is 0 Å². The summed E-state index contributed by atoms with van der Waals surface area (Å²) in [5.41, 5.74) is 0. The smallest absolute Gasteiger partial charge is 0.748 e. The van der Waals surface area contributed by atoms with Crippen LogP contribution in [0.2, 0.25) is 0 Å². The van der Waals surface area contributed by atoms with Crippen molar-refractivity contribution in [2.75, 3.05) is 6.61 Å². The molecule has 0 saturated carbocycles. The minimum Gasteiger partial charge on any atom is -0.748 e. The van der Waals surface area contributed by atoms with E-state index in [0.717, 1.165) is 0 Å². The summed E-state index contributed by atoms with van der Waals surface area (Å²) in [5.74, 6) is 0. The van der Waals surface area contributed by atoms with Crippen LogP contribution >= 0.6 is 0 Å². The third kappa shape index (κ3) is 12.3. The maximum absolute atomic E-state index is 9.93. The van der Waals surface area contributed by atoms with E-state index in [-0.39, 0.29) is 36.2 Å². The molecule has 0 aromatic rings. The Morgan fingerprint density at radius 1 is 1.89 bits per heavy atom. The third-order valence-electron chi connectivity index (χ3n) is 0.330. The van der Waals surface area contributed by atoms with Gasteiger partial charge in [0.15, 0.2) is 0 Å². The molecule has 1 unspecified atom stereocenters. The first-order valence-corrected chi connectivity index (χ1v) is 4.11. The van der Waals surface area contributed by atoms with Gasteiger partial charge in [-0.2, -0.15) is 0 Å². The Hall–Kier alpha value is 1.03. The van der Waals surface area contributed by atoms with Gasteiger partial charge in [0, 0.05) is 0 Å². The Bertz CT molecular complexity index is 162. The molecule has 48 valence electrons. The van der Waals surface area contributed by atoms with Crippen LogP contribution in [0.15, 0.2) is 12.7 Å². The predicted octanol–water partition coefficient (Wildman–Crippen LogP) is -3.02. The van der Waals surface area contributed by atoms with E-state index < -0.39 is 9.05 Å². The van der Waals surface area contributed by atoms with Gasteiger partial charge in [-0.1, -0.05) is 6.08 Å². The van der Waals surface area contributed by atoms with E-state index in [1.807, 2.05) is 0 Å². The molecule has 3 nitrogen and oxygen atoms in total. The van der Waals surface area contributed by atoms with E-state index in [0.29, 0.717) is 0 Å². The predicted molar refractivity (Wildman–Crippen MR) is 32.4 cm³/mol. The fourth-order valence-electron chi connectivity index (χ4n) is 0.131. The molecule has 0 saturated heterocycles. The van der Waals surface area contributed by atoms with Crippen molar-refractivity contribution >= 4 is 20.2 Å². The van der Waals surface area contributed by atoms with Crippen LogP contribution in [-0.2, 0) is 24.4 Å². The molecule has 0 rings (SSSR count). The van der Waals surface area contributed by atoms with Gasteiger partial charge in [-0.05, 0) is 11.2 Å². The van der Waals surface area contributed by atoms with Crippen LogP contribution in [0.25, 0.3) is 0 Å². The molecule has 0 heterocycles. The van der Waals surface area contributed by atoms with Crippen molar-refractivity contribution in [1.29, 1.82) is 0 Å². The molecule has 0 aromatic carbocycles. The fourth-order valence-corrected chi connectivity index (χ4v) is 0.561. The number of hydrogen-bond acceptors (Lipinski definition) is 4. The van der Waals surface area contributed by atoms with Crippen LogP contribution < -0.4 is 29.6 Å².